The Morgan fingerprint density at radius 3 is 2.47 bits per heavy atom. The van der Waals surface area contributed by atoms with Gasteiger partial charge in [0.25, 0.3) is 0 Å². The minimum absolute atomic E-state index is 0.00801. The summed E-state index contributed by atoms with van der Waals surface area (Å²) in [5.74, 6) is 4.28. The van der Waals surface area contributed by atoms with Crippen LogP contribution in [0.15, 0.2) is 18.2 Å². The van der Waals surface area contributed by atoms with E-state index in [4.69, 9.17) is 10.6 Å². The molecular formula is C12H18F2N2O. The summed E-state index contributed by atoms with van der Waals surface area (Å²) in [6.07, 6.45) is 2.14. The highest BCUT2D eigenvalue weighted by molar-refractivity contribution is 5.18. The first-order valence-corrected chi connectivity index (χ1v) is 5.55. The number of hydrogen-bond donors (Lipinski definition) is 2. The lowest BCUT2D eigenvalue weighted by Gasteiger charge is -2.15. The van der Waals surface area contributed by atoms with E-state index >= 15 is 0 Å². The fourth-order valence-corrected chi connectivity index (χ4v) is 1.73. The minimum atomic E-state index is -0.562. The molecule has 0 saturated heterocycles. The number of nitrogens with one attached hydrogen (secondary N) is 1. The number of benzene rings is 1. The third-order valence-corrected chi connectivity index (χ3v) is 2.54. The van der Waals surface area contributed by atoms with E-state index in [1.807, 2.05) is 0 Å². The minimum Gasteiger partial charge on any atom is -0.385 e. The SMILES string of the molecule is COCCCC(Cc1cc(F)cc(F)c1)NN. The van der Waals surface area contributed by atoms with Gasteiger partial charge in [0.2, 0.25) is 0 Å². The normalized spacial score (nSPS) is 12.7. The standard InChI is InChI=1S/C12H18F2N2O/c1-17-4-2-3-12(16-15)7-9-5-10(13)8-11(14)6-9/h5-6,8,12,16H,2-4,7,15H2,1H3. The predicted octanol–water partition coefficient (Wildman–Crippen LogP) is 1.77. The van der Waals surface area contributed by atoms with Crippen molar-refractivity contribution in [1.82, 2.24) is 5.43 Å². The lowest BCUT2D eigenvalue weighted by molar-refractivity contribution is 0.188. The van der Waals surface area contributed by atoms with Crippen LogP contribution in [0.5, 0.6) is 0 Å². The van der Waals surface area contributed by atoms with Gasteiger partial charge in [-0.25, -0.2) is 8.78 Å². The van der Waals surface area contributed by atoms with E-state index in [1.54, 1.807) is 7.11 Å². The second-order valence-corrected chi connectivity index (χ2v) is 3.98. The maximum absolute atomic E-state index is 13.0. The largest absolute Gasteiger partial charge is 0.385 e. The topological polar surface area (TPSA) is 47.3 Å². The van der Waals surface area contributed by atoms with Crippen LogP contribution in [-0.2, 0) is 11.2 Å². The molecule has 3 nitrogen and oxygen atoms in total. The van der Waals surface area contributed by atoms with Gasteiger partial charge in [0.1, 0.15) is 11.6 Å². The number of hydrogen-bond acceptors (Lipinski definition) is 3. The summed E-state index contributed by atoms with van der Waals surface area (Å²) >= 11 is 0. The summed E-state index contributed by atoms with van der Waals surface area (Å²) in [6, 6.07) is 3.50. The molecule has 3 N–H and O–H groups in total. The van der Waals surface area contributed by atoms with E-state index in [0.717, 1.165) is 18.9 Å². The summed E-state index contributed by atoms with van der Waals surface area (Å²) in [5.41, 5.74) is 3.25. The Morgan fingerprint density at radius 2 is 1.94 bits per heavy atom. The van der Waals surface area contributed by atoms with Gasteiger partial charge in [-0.2, -0.15) is 0 Å². The van der Waals surface area contributed by atoms with Crippen molar-refractivity contribution in [3.63, 3.8) is 0 Å². The van der Waals surface area contributed by atoms with E-state index < -0.39 is 11.6 Å². The van der Waals surface area contributed by atoms with Crippen molar-refractivity contribution in [3.05, 3.63) is 35.4 Å². The number of halogens is 2. The summed E-state index contributed by atoms with van der Waals surface area (Å²) in [4.78, 5) is 0. The molecule has 0 aliphatic rings. The van der Waals surface area contributed by atoms with Gasteiger partial charge in [0, 0.05) is 25.8 Å². The van der Waals surface area contributed by atoms with Crippen LogP contribution in [0, 0.1) is 11.6 Å². The monoisotopic (exact) mass is 244 g/mol. The van der Waals surface area contributed by atoms with Crippen LogP contribution in [0.3, 0.4) is 0 Å². The smallest absolute Gasteiger partial charge is 0.126 e. The third kappa shape index (κ3) is 5.21. The zero-order valence-corrected chi connectivity index (χ0v) is 9.88. The van der Waals surface area contributed by atoms with Crippen LogP contribution in [0.25, 0.3) is 0 Å². The Kier molecular flexibility index (Phi) is 6.04. The van der Waals surface area contributed by atoms with Crippen molar-refractivity contribution in [2.24, 2.45) is 5.84 Å². The zero-order valence-electron chi connectivity index (χ0n) is 9.88. The maximum Gasteiger partial charge on any atom is 0.126 e. The summed E-state index contributed by atoms with van der Waals surface area (Å²) in [6.45, 7) is 0.649. The highest BCUT2D eigenvalue weighted by Gasteiger charge is 2.09. The van der Waals surface area contributed by atoms with Crippen LogP contribution in [0.1, 0.15) is 18.4 Å². The Balaban J connectivity index is 2.54. The zero-order chi connectivity index (χ0) is 12.7. The number of ether oxygens (including phenoxy) is 1. The lowest BCUT2D eigenvalue weighted by Crippen LogP contribution is -2.37. The first-order chi connectivity index (χ1) is 8.15. The molecule has 96 valence electrons. The molecular weight excluding hydrogens is 226 g/mol. The molecule has 5 heteroatoms. The average Bonchev–Trinajstić information content (AvgIpc) is 2.26. The second kappa shape index (κ2) is 7.32. The number of methoxy groups -OCH3 is 1. The number of nitrogens with two attached hydrogens (primary N) is 1. The summed E-state index contributed by atoms with van der Waals surface area (Å²) < 4.78 is 30.9. The van der Waals surface area contributed by atoms with E-state index in [2.05, 4.69) is 5.43 Å². The first kappa shape index (κ1) is 14.0. The van der Waals surface area contributed by atoms with Gasteiger partial charge in [0.05, 0.1) is 0 Å². The van der Waals surface area contributed by atoms with Gasteiger partial charge in [-0.1, -0.05) is 0 Å². The maximum atomic E-state index is 13.0. The molecule has 0 fully saturated rings. The Labute approximate surface area is 99.9 Å². The van der Waals surface area contributed by atoms with Crippen molar-refractivity contribution >= 4 is 0 Å². The van der Waals surface area contributed by atoms with Gasteiger partial charge in [0.15, 0.2) is 0 Å². The highest BCUT2D eigenvalue weighted by atomic mass is 19.1. The molecule has 0 amide bonds. The predicted molar refractivity (Wildman–Crippen MR) is 62.3 cm³/mol. The van der Waals surface area contributed by atoms with E-state index in [1.165, 1.54) is 12.1 Å². The molecule has 1 aromatic rings. The summed E-state index contributed by atoms with van der Waals surface area (Å²) in [7, 11) is 1.63. The Hall–Kier alpha value is -1.04. The van der Waals surface area contributed by atoms with Crippen molar-refractivity contribution < 1.29 is 13.5 Å². The molecule has 0 aromatic heterocycles. The van der Waals surface area contributed by atoms with E-state index in [9.17, 15) is 8.78 Å². The molecule has 0 bridgehead atoms. The fraction of sp³-hybridized carbons (Fsp3) is 0.500. The quantitative estimate of drug-likeness (QED) is 0.436. The molecule has 0 saturated carbocycles. The van der Waals surface area contributed by atoms with Gasteiger partial charge in [-0.3, -0.25) is 11.3 Å². The molecule has 0 radical (unpaired) electrons. The first-order valence-electron chi connectivity index (χ1n) is 5.55. The van der Waals surface area contributed by atoms with Crippen molar-refractivity contribution in [3.8, 4) is 0 Å². The van der Waals surface area contributed by atoms with Crippen LogP contribution in [-0.4, -0.2) is 19.8 Å². The molecule has 17 heavy (non-hydrogen) atoms. The highest BCUT2D eigenvalue weighted by Crippen LogP contribution is 2.12. The Morgan fingerprint density at radius 1 is 1.29 bits per heavy atom. The fourth-order valence-electron chi connectivity index (χ4n) is 1.73. The van der Waals surface area contributed by atoms with Gasteiger partial charge < -0.3 is 4.74 Å². The molecule has 1 atom stereocenters. The number of rotatable bonds is 7. The van der Waals surface area contributed by atoms with E-state index in [-0.39, 0.29) is 6.04 Å². The molecule has 0 aliphatic heterocycles. The molecule has 1 aromatic carbocycles. The van der Waals surface area contributed by atoms with Crippen LogP contribution >= 0.6 is 0 Å². The van der Waals surface area contributed by atoms with Crippen molar-refractivity contribution in [2.45, 2.75) is 25.3 Å². The van der Waals surface area contributed by atoms with Crippen LogP contribution < -0.4 is 11.3 Å². The summed E-state index contributed by atoms with van der Waals surface area (Å²) in [5, 5.41) is 0. The van der Waals surface area contributed by atoms with E-state index in [0.29, 0.717) is 18.6 Å². The molecule has 0 heterocycles. The molecule has 0 spiro atoms. The van der Waals surface area contributed by atoms with Crippen LogP contribution in [0.4, 0.5) is 8.78 Å². The molecule has 1 rings (SSSR count). The Bertz CT molecular complexity index is 327. The van der Waals surface area contributed by atoms with Crippen molar-refractivity contribution in [1.29, 1.82) is 0 Å². The average molecular weight is 244 g/mol. The second-order valence-electron chi connectivity index (χ2n) is 3.98. The molecule has 1 unspecified atom stereocenters. The lowest BCUT2D eigenvalue weighted by atomic mass is 10.0. The van der Waals surface area contributed by atoms with Crippen LogP contribution in [0.2, 0.25) is 0 Å². The third-order valence-electron chi connectivity index (χ3n) is 2.54. The van der Waals surface area contributed by atoms with Crippen molar-refractivity contribution in [2.75, 3.05) is 13.7 Å². The van der Waals surface area contributed by atoms with Gasteiger partial charge in [-0.05, 0) is 37.0 Å². The molecule has 0 aliphatic carbocycles. The number of hydrazine groups is 1. The van der Waals surface area contributed by atoms with Gasteiger partial charge in [-0.15, -0.1) is 0 Å². The van der Waals surface area contributed by atoms with Gasteiger partial charge >= 0.3 is 0 Å².